The van der Waals surface area contributed by atoms with Gasteiger partial charge in [-0.05, 0) is 42.3 Å². The standard InChI is InChI=1S/C22H23NO2/c1-18-8-5-6-9-19(18)17-23-20-10-7-13-22(16-20)25-15-14-24-21-11-3-2-4-12-21/h2-13,16,23H,14-15,17H2,1H3. The van der Waals surface area contributed by atoms with Gasteiger partial charge < -0.3 is 14.8 Å². The predicted octanol–water partition coefficient (Wildman–Crippen LogP) is 5.06. The van der Waals surface area contributed by atoms with Crippen LogP contribution in [0.3, 0.4) is 0 Å². The van der Waals surface area contributed by atoms with E-state index in [9.17, 15) is 0 Å². The van der Waals surface area contributed by atoms with Crippen molar-refractivity contribution in [1.82, 2.24) is 0 Å². The molecule has 0 fully saturated rings. The van der Waals surface area contributed by atoms with Gasteiger partial charge in [-0.3, -0.25) is 0 Å². The number of anilines is 1. The molecule has 0 heterocycles. The molecule has 0 radical (unpaired) electrons. The van der Waals surface area contributed by atoms with E-state index in [2.05, 4.69) is 36.5 Å². The summed E-state index contributed by atoms with van der Waals surface area (Å²) in [5.41, 5.74) is 3.63. The molecule has 3 aromatic rings. The lowest BCUT2D eigenvalue weighted by molar-refractivity contribution is 0.217. The molecule has 0 aliphatic carbocycles. The van der Waals surface area contributed by atoms with Gasteiger partial charge in [0.25, 0.3) is 0 Å². The van der Waals surface area contributed by atoms with E-state index in [4.69, 9.17) is 9.47 Å². The van der Waals surface area contributed by atoms with Crippen molar-refractivity contribution in [3.63, 3.8) is 0 Å². The molecule has 0 saturated carbocycles. The number of benzene rings is 3. The molecule has 0 bridgehead atoms. The fourth-order valence-corrected chi connectivity index (χ4v) is 2.54. The lowest BCUT2D eigenvalue weighted by atomic mass is 10.1. The van der Waals surface area contributed by atoms with Crippen molar-refractivity contribution in [2.24, 2.45) is 0 Å². The molecular weight excluding hydrogens is 310 g/mol. The van der Waals surface area contributed by atoms with Gasteiger partial charge in [-0.25, -0.2) is 0 Å². The molecule has 3 nitrogen and oxygen atoms in total. The first-order valence-electron chi connectivity index (χ1n) is 8.50. The molecule has 0 aliphatic rings. The third kappa shape index (κ3) is 5.28. The van der Waals surface area contributed by atoms with Gasteiger partial charge in [0, 0.05) is 18.3 Å². The highest BCUT2D eigenvalue weighted by Gasteiger charge is 2.00. The van der Waals surface area contributed by atoms with Crippen molar-refractivity contribution in [1.29, 1.82) is 0 Å². The van der Waals surface area contributed by atoms with Crippen molar-refractivity contribution in [2.45, 2.75) is 13.5 Å². The Morgan fingerprint density at radius 2 is 1.40 bits per heavy atom. The summed E-state index contributed by atoms with van der Waals surface area (Å²) in [7, 11) is 0. The average molecular weight is 333 g/mol. The molecule has 0 saturated heterocycles. The second-order valence-corrected chi connectivity index (χ2v) is 5.82. The van der Waals surface area contributed by atoms with Gasteiger partial charge >= 0.3 is 0 Å². The zero-order valence-electron chi connectivity index (χ0n) is 14.4. The Hall–Kier alpha value is -2.94. The Morgan fingerprint density at radius 1 is 0.720 bits per heavy atom. The van der Waals surface area contributed by atoms with Crippen LogP contribution in [0.25, 0.3) is 0 Å². The van der Waals surface area contributed by atoms with Crippen molar-refractivity contribution in [2.75, 3.05) is 18.5 Å². The van der Waals surface area contributed by atoms with Gasteiger partial charge in [0.05, 0.1) is 0 Å². The highest BCUT2D eigenvalue weighted by atomic mass is 16.5. The molecule has 128 valence electrons. The first-order chi connectivity index (χ1) is 12.3. The van der Waals surface area contributed by atoms with Gasteiger partial charge in [-0.2, -0.15) is 0 Å². The molecule has 3 rings (SSSR count). The minimum atomic E-state index is 0.510. The Labute approximate surface area is 149 Å². The molecule has 0 spiro atoms. The zero-order valence-corrected chi connectivity index (χ0v) is 14.4. The largest absolute Gasteiger partial charge is 0.490 e. The minimum absolute atomic E-state index is 0.510. The number of hydrogen-bond donors (Lipinski definition) is 1. The molecule has 25 heavy (non-hydrogen) atoms. The van der Waals surface area contributed by atoms with E-state index in [0.29, 0.717) is 13.2 Å². The number of hydrogen-bond acceptors (Lipinski definition) is 3. The SMILES string of the molecule is Cc1ccccc1CNc1cccc(OCCOc2ccccc2)c1. The van der Waals surface area contributed by atoms with Crippen LogP contribution in [0.2, 0.25) is 0 Å². The minimum Gasteiger partial charge on any atom is -0.490 e. The predicted molar refractivity (Wildman–Crippen MR) is 102 cm³/mol. The van der Waals surface area contributed by atoms with Crippen LogP contribution in [0.1, 0.15) is 11.1 Å². The summed E-state index contributed by atoms with van der Waals surface area (Å²) in [4.78, 5) is 0. The van der Waals surface area contributed by atoms with E-state index in [1.807, 2.05) is 54.6 Å². The summed E-state index contributed by atoms with van der Waals surface area (Å²) < 4.78 is 11.4. The third-order valence-corrected chi connectivity index (χ3v) is 3.94. The summed E-state index contributed by atoms with van der Waals surface area (Å²) in [6, 6.07) is 26.2. The number of nitrogens with one attached hydrogen (secondary N) is 1. The van der Waals surface area contributed by atoms with Crippen molar-refractivity contribution in [3.8, 4) is 11.5 Å². The highest BCUT2D eigenvalue weighted by Crippen LogP contribution is 2.19. The van der Waals surface area contributed by atoms with E-state index in [1.54, 1.807) is 0 Å². The molecule has 3 aromatic carbocycles. The van der Waals surface area contributed by atoms with Gasteiger partial charge in [0.15, 0.2) is 0 Å². The average Bonchev–Trinajstić information content (AvgIpc) is 2.66. The van der Waals surface area contributed by atoms with Gasteiger partial charge in [-0.15, -0.1) is 0 Å². The third-order valence-electron chi connectivity index (χ3n) is 3.94. The monoisotopic (exact) mass is 333 g/mol. The van der Waals surface area contributed by atoms with Gasteiger partial charge in [0.1, 0.15) is 24.7 Å². The smallest absolute Gasteiger partial charge is 0.122 e. The Bertz CT molecular complexity index is 787. The number of ether oxygens (including phenoxy) is 2. The van der Waals surface area contributed by atoms with E-state index in [1.165, 1.54) is 11.1 Å². The normalized spacial score (nSPS) is 10.3. The summed E-state index contributed by atoms with van der Waals surface area (Å²) in [5.74, 6) is 1.70. The fourth-order valence-electron chi connectivity index (χ4n) is 2.54. The van der Waals surface area contributed by atoms with Crippen LogP contribution in [0.15, 0.2) is 78.9 Å². The first-order valence-corrected chi connectivity index (χ1v) is 8.50. The van der Waals surface area contributed by atoms with Crippen LogP contribution in [-0.2, 0) is 6.54 Å². The van der Waals surface area contributed by atoms with Crippen LogP contribution in [0.5, 0.6) is 11.5 Å². The molecule has 3 heteroatoms. The number of para-hydroxylation sites is 1. The van der Waals surface area contributed by atoms with Crippen LogP contribution in [-0.4, -0.2) is 13.2 Å². The lowest BCUT2D eigenvalue weighted by Crippen LogP contribution is -2.09. The van der Waals surface area contributed by atoms with Gasteiger partial charge in [0.2, 0.25) is 0 Å². The van der Waals surface area contributed by atoms with Crippen LogP contribution >= 0.6 is 0 Å². The lowest BCUT2D eigenvalue weighted by Gasteiger charge is -2.11. The van der Waals surface area contributed by atoms with Gasteiger partial charge in [-0.1, -0.05) is 48.5 Å². The molecule has 0 aliphatic heterocycles. The second kappa shape index (κ2) is 8.78. The second-order valence-electron chi connectivity index (χ2n) is 5.82. The molecule has 0 unspecified atom stereocenters. The highest BCUT2D eigenvalue weighted by molar-refractivity contribution is 5.49. The summed E-state index contributed by atoms with van der Waals surface area (Å²) in [6.07, 6.45) is 0. The van der Waals surface area contributed by atoms with Crippen molar-refractivity contribution < 1.29 is 9.47 Å². The van der Waals surface area contributed by atoms with E-state index < -0.39 is 0 Å². The quantitative estimate of drug-likeness (QED) is 0.584. The molecular formula is C22H23NO2. The Morgan fingerprint density at radius 3 is 2.20 bits per heavy atom. The van der Waals surface area contributed by atoms with E-state index in [-0.39, 0.29) is 0 Å². The van der Waals surface area contributed by atoms with Crippen molar-refractivity contribution >= 4 is 5.69 Å². The summed E-state index contributed by atoms with van der Waals surface area (Å²) in [6.45, 7) is 3.96. The molecule has 1 N–H and O–H groups in total. The number of rotatable bonds is 8. The van der Waals surface area contributed by atoms with Crippen LogP contribution in [0.4, 0.5) is 5.69 Å². The summed E-state index contributed by atoms with van der Waals surface area (Å²) >= 11 is 0. The number of aryl methyl sites for hydroxylation is 1. The maximum atomic E-state index is 5.78. The zero-order chi connectivity index (χ0) is 17.3. The maximum Gasteiger partial charge on any atom is 0.122 e. The molecule has 0 amide bonds. The molecule has 0 aromatic heterocycles. The summed E-state index contributed by atoms with van der Waals surface area (Å²) in [5, 5.41) is 3.45. The maximum absolute atomic E-state index is 5.78. The fraction of sp³-hybridized carbons (Fsp3) is 0.182. The van der Waals surface area contributed by atoms with E-state index in [0.717, 1.165) is 23.7 Å². The van der Waals surface area contributed by atoms with Crippen molar-refractivity contribution in [3.05, 3.63) is 90.0 Å². The Balaban J connectivity index is 1.47. The molecule has 0 atom stereocenters. The van der Waals surface area contributed by atoms with Crippen LogP contribution < -0.4 is 14.8 Å². The topological polar surface area (TPSA) is 30.5 Å². The van der Waals surface area contributed by atoms with Crippen LogP contribution in [0, 0.1) is 6.92 Å². The first kappa shape index (κ1) is 16.9. The van der Waals surface area contributed by atoms with E-state index >= 15 is 0 Å². The Kier molecular flexibility index (Phi) is 5.94.